The molecule has 0 radical (unpaired) electrons. The van der Waals surface area contributed by atoms with Crippen molar-refractivity contribution < 1.29 is 19.4 Å². The maximum absolute atomic E-state index is 11.7. The van der Waals surface area contributed by atoms with E-state index in [1.807, 2.05) is 19.0 Å². The first-order valence-corrected chi connectivity index (χ1v) is 7.29. The minimum atomic E-state index is -0.750. The summed E-state index contributed by atoms with van der Waals surface area (Å²) < 4.78 is 10.4. The Morgan fingerprint density at radius 3 is 2.64 bits per heavy atom. The van der Waals surface area contributed by atoms with Gasteiger partial charge in [0, 0.05) is 31.1 Å². The normalized spacial score (nSPS) is 12.1. The zero-order valence-corrected chi connectivity index (χ0v) is 13.8. The summed E-state index contributed by atoms with van der Waals surface area (Å²) in [7, 11) is 7.01. The highest BCUT2D eigenvalue weighted by molar-refractivity contribution is 5.75. The van der Waals surface area contributed by atoms with Crippen molar-refractivity contribution in [1.29, 1.82) is 0 Å². The quantitative estimate of drug-likeness (QED) is 0.717. The van der Waals surface area contributed by atoms with E-state index >= 15 is 0 Å². The summed E-state index contributed by atoms with van der Waals surface area (Å²) in [4.78, 5) is 13.7. The lowest BCUT2D eigenvalue weighted by atomic mass is 10.0. The van der Waals surface area contributed by atoms with Crippen LogP contribution in [-0.4, -0.2) is 57.3 Å². The fraction of sp³-hybridized carbons (Fsp3) is 0.562. The summed E-state index contributed by atoms with van der Waals surface area (Å²) in [5, 5.41) is 13.1. The number of benzene rings is 1. The van der Waals surface area contributed by atoms with E-state index in [9.17, 15) is 9.90 Å². The van der Waals surface area contributed by atoms with Gasteiger partial charge in [-0.1, -0.05) is 0 Å². The number of nitrogens with one attached hydrogen (secondary N) is 1. The predicted octanol–water partition coefficient (Wildman–Crippen LogP) is 1.20. The second-order valence-electron chi connectivity index (χ2n) is 5.32. The van der Waals surface area contributed by atoms with Crippen LogP contribution in [0.5, 0.6) is 11.5 Å². The second-order valence-corrected chi connectivity index (χ2v) is 5.32. The van der Waals surface area contributed by atoms with E-state index in [1.54, 1.807) is 32.4 Å². The van der Waals surface area contributed by atoms with Crippen molar-refractivity contribution in [2.45, 2.75) is 18.9 Å². The van der Waals surface area contributed by atoms with Crippen molar-refractivity contribution in [3.63, 3.8) is 0 Å². The van der Waals surface area contributed by atoms with Gasteiger partial charge in [-0.2, -0.15) is 0 Å². The molecule has 1 aromatic carbocycles. The van der Waals surface area contributed by atoms with E-state index in [-0.39, 0.29) is 12.3 Å². The molecule has 1 amide bonds. The number of amides is 1. The number of aliphatic hydroxyl groups is 1. The van der Waals surface area contributed by atoms with Gasteiger partial charge in [0.05, 0.1) is 20.3 Å². The van der Waals surface area contributed by atoms with Crippen LogP contribution in [-0.2, 0) is 4.79 Å². The van der Waals surface area contributed by atoms with E-state index in [0.29, 0.717) is 30.0 Å². The number of rotatable bonds is 9. The standard InChI is InChI=1S/C16H26N2O4/c1-18(2)10-9-17-16(20)8-7-14(19)13-6-5-12(21-3)11-15(13)22-4/h5-6,11,14,19H,7-10H2,1-4H3,(H,17,20). The van der Waals surface area contributed by atoms with Gasteiger partial charge in [0.2, 0.25) is 5.91 Å². The van der Waals surface area contributed by atoms with Crippen LogP contribution < -0.4 is 14.8 Å². The van der Waals surface area contributed by atoms with Crippen LogP contribution in [0.15, 0.2) is 18.2 Å². The molecule has 124 valence electrons. The molecule has 0 fully saturated rings. The maximum Gasteiger partial charge on any atom is 0.220 e. The van der Waals surface area contributed by atoms with Crippen LogP contribution in [0.4, 0.5) is 0 Å². The zero-order valence-electron chi connectivity index (χ0n) is 13.8. The Morgan fingerprint density at radius 1 is 1.32 bits per heavy atom. The molecule has 0 bridgehead atoms. The Kier molecular flexibility index (Phi) is 7.70. The van der Waals surface area contributed by atoms with Crippen LogP contribution in [0, 0.1) is 0 Å². The van der Waals surface area contributed by atoms with Gasteiger partial charge in [0.15, 0.2) is 0 Å². The number of nitrogens with zero attached hydrogens (tertiary/aromatic N) is 1. The molecule has 0 aliphatic carbocycles. The summed E-state index contributed by atoms with van der Waals surface area (Å²) in [5.41, 5.74) is 0.657. The highest BCUT2D eigenvalue weighted by atomic mass is 16.5. The molecule has 0 saturated carbocycles. The number of likely N-dealkylation sites (N-methyl/N-ethyl adjacent to an activating group) is 1. The summed E-state index contributed by atoms with van der Waals surface area (Å²) in [5.74, 6) is 1.16. The van der Waals surface area contributed by atoms with Crippen molar-refractivity contribution in [3.8, 4) is 11.5 Å². The number of methoxy groups -OCH3 is 2. The molecule has 0 saturated heterocycles. The Hall–Kier alpha value is -1.79. The molecule has 0 aromatic heterocycles. The first kappa shape index (κ1) is 18.3. The summed E-state index contributed by atoms with van der Waals surface area (Å²) in [6.07, 6.45) is -0.138. The van der Waals surface area contributed by atoms with Crippen molar-refractivity contribution in [1.82, 2.24) is 10.2 Å². The largest absolute Gasteiger partial charge is 0.497 e. The Balaban J connectivity index is 2.51. The molecule has 1 rings (SSSR count). The lowest BCUT2D eigenvalue weighted by Gasteiger charge is -2.16. The average molecular weight is 310 g/mol. The Morgan fingerprint density at radius 2 is 2.05 bits per heavy atom. The van der Waals surface area contributed by atoms with E-state index in [4.69, 9.17) is 9.47 Å². The predicted molar refractivity (Wildman–Crippen MR) is 85.3 cm³/mol. The van der Waals surface area contributed by atoms with Gasteiger partial charge in [-0.25, -0.2) is 0 Å². The van der Waals surface area contributed by atoms with E-state index in [2.05, 4.69) is 5.32 Å². The third-order valence-electron chi connectivity index (χ3n) is 3.33. The monoisotopic (exact) mass is 310 g/mol. The summed E-state index contributed by atoms with van der Waals surface area (Å²) in [6.45, 7) is 1.40. The van der Waals surface area contributed by atoms with Gasteiger partial charge in [-0.3, -0.25) is 4.79 Å². The number of carbonyl (C=O) groups excluding carboxylic acids is 1. The molecular weight excluding hydrogens is 284 g/mol. The lowest BCUT2D eigenvalue weighted by molar-refractivity contribution is -0.121. The molecule has 2 N–H and O–H groups in total. The van der Waals surface area contributed by atoms with Crippen LogP contribution in [0.1, 0.15) is 24.5 Å². The number of carbonyl (C=O) groups is 1. The molecule has 1 unspecified atom stereocenters. The minimum Gasteiger partial charge on any atom is -0.497 e. The van der Waals surface area contributed by atoms with Gasteiger partial charge >= 0.3 is 0 Å². The molecule has 1 aromatic rings. The van der Waals surface area contributed by atoms with Gasteiger partial charge in [-0.05, 0) is 32.6 Å². The zero-order chi connectivity index (χ0) is 16.5. The molecule has 1 atom stereocenters. The average Bonchev–Trinajstić information content (AvgIpc) is 2.51. The van der Waals surface area contributed by atoms with E-state index < -0.39 is 6.10 Å². The van der Waals surface area contributed by atoms with Crippen molar-refractivity contribution in [3.05, 3.63) is 23.8 Å². The van der Waals surface area contributed by atoms with Crippen LogP contribution >= 0.6 is 0 Å². The van der Waals surface area contributed by atoms with Crippen LogP contribution in [0.25, 0.3) is 0 Å². The fourth-order valence-electron chi connectivity index (χ4n) is 2.02. The molecule has 0 aliphatic heterocycles. The summed E-state index contributed by atoms with van der Waals surface area (Å²) >= 11 is 0. The van der Waals surface area contributed by atoms with Gasteiger partial charge in [-0.15, -0.1) is 0 Å². The lowest BCUT2D eigenvalue weighted by Crippen LogP contribution is -2.31. The second kappa shape index (κ2) is 9.27. The highest BCUT2D eigenvalue weighted by Gasteiger charge is 2.15. The highest BCUT2D eigenvalue weighted by Crippen LogP contribution is 2.31. The molecule has 0 heterocycles. The van der Waals surface area contributed by atoms with Gasteiger partial charge < -0.3 is 24.8 Å². The molecule has 0 spiro atoms. The first-order chi connectivity index (χ1) is 10.5. The van der Waals surface area contributed by atoms with Crippen molar-refractivity contribution in [2.75, 3.05) is 41.4 Å². The van der Waals surface area contributed by atoms with Gasteiger partial charge in [0.1, 0.15) is 11.5 Å². The third kappa shape index (κ3) is 5.91. The fourth-order valence-corrected chi connectivity index (χ4v) is 2.02. The molecule has 22 heavy (non-hydrogen) atoms. The molecular formula is C16H26N2O4. The Bertz CT molecular complexity index is 477. The summed E-state index contributed by atoms with van der Waals surface area (Å²) in [6, 6.07) is 5.24. The van der Waals surface area contributed by atoms with E-state index in [1.165, 1.54) is 0 Å². The number of hydrogen-bond acceptors (Lipinski definition) is 5. The molecule has 6 nitrogen and oxygen atoms in total. The van der Waals surface area contributed by atoms with Crippen LogP contribution in [0.3, 0.4) is 0 Å². The topological polar surface area (TPSA) is 71.0 Å². The number of hydrogen-bond donors (Lipinski definition) is 2. The first-order valence-electron chi connectivity index (χ1n) is 7.29. The maximum atomic E-state index is 11.7. The minimum absolute atomic E-state index is 0.0617. The molecule has 0 aliphatic rings. The van der Waals surface area contributed by atoms with Gasteiger partial charge in [0.25, 0.3) is 0 Å². The number of ether oxygens (including phenoxy) is 2. The van der Waals surface area contributed by atoms with E-state index in [0.717, 1.165) is 6.54 Å². The van der Waals surface area contributed by atoms with Crippen molar-refractivity contribution in [2.24, 2.45) is 0 Å². The van der Waals surface area contributed by atoms with Crippen molar-refractivity contribution >= 4 is 5.91 Å². The Labute approximate surface area is 132 Å². The number of aliphatic hydroxyl groups excluding tert-OH is 1. The SMILES string of the molecule is COc1ccc(C(O)CCC(=O)NCCN(C)C)c(OC)c1. The van der Waals surface area contributed by atoms with Crippen LogP contribution in [0.2, 0.25) is 0 Å². The molecule has 6 heteroatoms. The smallest absolute Gasteiger partial charge is 0.220 e. The third-order valence-corrected chi connectivity index (χ3v) is 3.33.